The number of carbonyl (C=O) groups is 2. The van der Waals surface area contributed by atoms with E-state index in [1.54, 1.807) is 6.92 Å². The van der Waals surface area contributed by atoms with Crippen LogP contribution in [0.25, 0.3) is 6.08 Å². The molecule has 0 aliphatic heterocycles. The van der Waals surface area contributed by atoms with Gasteiger partial charge < -0.3 is 10.1 Å². The molecule has 0 unspecified atom stereocenters. The van der Waals surface area contributed by atoms with Gasteiger partial charge in [-0.3, -0.25) is 4.79 Å². The zero-order valence-corrected chi connectivity index (χ0v) is 11.9. The van der Waals surface area contributed by atoms with Crippen molar-refractivity contribution in [3.05, 3.63) is 64.0 Å². The summed E-state index contributed by atoms with van der Waals surface area (Å²) in [4.78, 5) is 25.8. The smallest absolute Gasteiger partial charge is 0.352 e. The van der Waals surface area contributed by atoms with Crippen molar-refractivity contribution < 1.29 is 23.5 Å². The quantitative estimate of drug-likeness (QED) is 0.671. The molecule has 0 aliphatic carbocycles. The molecule has 114 valence electrons. The van der Waals surface area contributed by atoms with Crippen molar-refractivity contribution in [2.24, 2.45) is 0 Å². The van der Waals surface area contributed by atoms with Crippen molar-refractivity contribution in [3.8, 4) is 0 Å². The molecule has 0 bridgehead atoms. The predicted octanol–water partition coefficient (Wildman–Crippen LogP) is 3.50. The maximum atomic E-state index is 13.1. The molecule has 1 aromatic heterocycles. The molecule has 0 amide bonds. The highest BCUT2D eigenvalue weighted by Gasteiger charge is 2.19. The Balaban J connectivity index is 2.31. The summed E-state index contributed by atoms with van der Waals surface area (Å²) < 4.78 is 25.9. The monoisotopic (exact) mass is 305 g/mol. The van der Waals surface area contributed by atoms with Gasteiger partial charge in [-0.1, -0.05) is 12.1 Å². The number of aryl methyl sites for hydroxylation is 1. The molecule has 0 aliphatic rings. The SMILES string of the molecule is Cc1[nH]c(C(=O)O)c(C)c1C(=O)/C=C/c1ccc(F)c(F)c1. The van der Waals surface area contributed by atoms with Gasteiger partial charge >= 0.3 is 5.97 Å². The summed E-state index contributed by atoms with van der Waals surface area (Å²) in [6.07, 6.45) is 2.54. The summed E-state index contributed by atoms with van der Waals surface area (Å²) in [6.45, 7) is 3.13. The van der Waals surface area contributed by atoms with Crippen LogP contribution in [0, 0.1) is 25.5 Å². The van der Waals surface area contributed by atoms with Gasteiger partial charge in [0.25, 0.3) is 0 Å². The lowest BCUT2D eigenvalue weighted by atomic mass is 10.0. The number of benzene rings is 1. The first kappa shape index (κ1) is 15.6. The molecular formula is C16H13F2NO3. The van der Waals surface area contributed by atoms with E-state index < -0.39 is 23.4 Å². The van der Waals surface area contributed by atoms with Crippen molar-refractivity contribution in [2.45, 2.75) is 13.8 Å². The number of aromatic carboxylic acids is 1. The van der Waals surface area contributed by atoms with E-state index in [4.69, 9.17) is 5.11 Å². The predicted molar refractivity (Wildman–Crippen MR) is 76.9 cm³/mol. The molecule has 1 heterocycles. The number of carboxylic acid groups (broad SMARTS) is 1. The number of carbonyl (C=O) groups excluding carboxylic acids is 1. The third kappa shape index (κ3) is 2.95. The molecule has 2 aromatic rings. The van der Waals surface area contributed by atoms with Crippen molar-refractivity contribution in [2.75, 3.05) is 0 Å². The average molecular weight is 305 g/mol. The lowest BCUT2D eigenvalue weighted by Gasteiger charge is -1.98. The van der Waals surface area contributed by atoms with E-state index in [1.165, 1.54) is 25.1 Å². The van der Waals surface area contributed by atoms with Crippen molar-refractivity contribution >= 4 is 17.8 Å². The summed E-state index contributed by atoms with van der Waals surface area (Å²) in [5, 5.41) is 9.01. The van der Waals surface area contributed by atoms with E-state index in [-0.39, 0.29) is 11.3 Å². The molecular weight excluding hydrogens is 292 g/mol. The minimum atomic E-state index is -1.15. The van der Waals surface area contributed by atoms with E-state index in [9.17, 15) is 18.4 Å². The van der Waals surface area contributed by atoms with Crippen LogP contribution in [0.15, 0.2) is 24.3 Å². The number of hydrogen-bond acceptors (Lipinski definition) is 2. The molecule has 22 heavy (non-hydrogen) atoms. The second-order valence-corrected chi connectivity index (χ2v) is 4.80. The van der Waals surface area contributed by atoms with E-state index in [0.717, 1.165) is 12.1 Å². The normalized spacial score (nSPS) is 11.1. The molecule has 0 radical (unpaired) electrons. The van der Waals surface area contributed by atoms with Gasteiger partial charge in [-0.2, -0.15) is 0 Å². The Labute approximate surface area is 125 Å². The highest BCUT2D eigenvalue weighted by Crippen LogP contribution is 2.19. The van der Waals surface area contributed by atoms with Crippen LogP contribution >= 0.6 is 0 Å². The number of allylic oxidation sites excluding steroid dienone is 1. The van der Waals surface area contributed by atoms with Gasteiger partial charge in [0.1, 0.15) is 5.69 Å². The number of aromatic nitrogens is 1. The van der Waals surface area contributed by atoms with Gasteiger partial charge in [-0.25, -0.2) is 13.6 Å². The summed E-state index contributed by atoms with van der Waals surface area (Å²) in [7, 11) is 0. The van der Waals surface area contributed by atoms with Gasteiger partial charge in [0, 0.05) is 11.3 Å². The second kappa shape index (κ2) is 5.93. The van der Waals surface area contributed by atoms with Crippen LogP contribution in [-0.4, -0.2) is 21.8 Å². The number of aromatic amines is 1. The Hall–Kier alpha value is -2.76. The second-order valence-electron chi connectivity index (χ2n) is 4.80. The fraction of sp³-hybridized carbons (Fsp3) is 0.125. The fourth-order valence-corrected chi connectivity index (χ4v) is 2.20. The van der Waals surface area contributed by atoms with Crippen LogP contribution in [0.3, 0.4) is 0 Å². The summed E-state index contributed by atoms with van der Waals surface area (Å²) in [6, 6.07) is 3.27. The van der Waals surface area contributed by atoms with Gasteiger partial charge in [0.2, 0.25) is 0 Å². The molecule has 2 rings (SSSR count). The highest BCUT2D eigenvalue weighted by atomic mass is 19.2. The van der Waals surface area contributed by atoms with Crippen LogP contribution in [-0.2, 0) is 0 Å². The average Bonchev–Trinajstić information content (AvgIpc) is 2.75. The Morgan fingerprint density at radius 2 is 1.86 bits per heavy atom. The van der Waals surface area contributed by atoms with E-state index in [1.807, 2.05) is 0 Å². The van der Waals surface area contributed by atoms with E-state index >= 15 is 0 Å². The molecule has 0 fully saturated rings. The third-order valence-corrected chi connectivity index (χ3v) is 3.27. The van der Waals surface area contributed by atoms with Gasteiger partial charge in [0.15, 0.2) is 17.4 Å². The van der Waals surface area contributed by atoms with Crippen LogP contribution in [0.5, 0.6) is 0 Å². The molecule has 0 spiro atoms. The number of carboxylic acids is 1. The van der Waals surface area contributed by atoms with Gasteiger partial charge in [-0.05, 0) is 43.2 Å². The van der Waals surface area contributed by atoms with Crippen molar-refractivity contribution in [3.63, 3.8) is 0 Å². The standard InChI is InChI=1S/C16H13F2NO3/c1-8-14(9(2)19-15(8)16(21)22)13(20)6-4-10-3-5-11(17)12(18)7-10/h3-7,19H,1-2H3,(H,21,22)/b6-4+. The van der Waals surface area contributed by atoms with Crippen LogP contribution < -0.4 is 0 Å². The Kier molecular flexibility index (Phi) is 4.21. The number of ketones is 1. The zero-order valence-electron chi connectivity index (χ0n) is 11.9. The molecule has 1 aromatic carbocycles. The first-order valence-corrected chi connectivity index (χ1v) is 6.41. The number of nitrogens with one attached hydrogen (secondary N) is 1. The van der Waals surface area contributed by atoms with Gasteiger partial charge in [-0.15, -0.1) is 0 Å². The molecule has 0 saturated carbocycles. The molecule has 4 nitrogen and oxygen atoms in total. The lowest BCUT2D eigenvalue weighted by Crippen LogP contribution is -2.01. The zero-order chi connectivity index (χ0) is 16.4. The van der Waals surface area contributed by atoms with Crippen LogP contribution in [0.4, 0.5) is 8.78 Å². The summed E-state index contributed by atoms with van der Waals surface area (Å²) >= 11 is 0. The minimum absolute atomic E-state index is 0.0397. The topological polar surface area (TPSA) is 70.2 Å². The number of halogens is 2. The first-order valence-electron chi connectivity index (χ1n) is 6.41. The van der Waals surface area contributed by atoms with Crippen molar-refractivity contribution in [1.82, 2.24) is 4.98 Å². The summed E-state index contributed by atoms with van der Waals surface area (Å²) in [5.41, 5.74) is 1.33. The lowest BCUT2D eigenvalue weighted by molar-refractivity contribution is 0.0690. The van der Waals surface area contributed by atoms with E-state index in [2.05, 4.69) is 4.98 Å². The molecule has 2 N–H and O–H groups in total. The fourth-order valence-electron chi connectivity index (χ4n) is 2.20. The molecule has 6 heteroatoms. The van der Waals surface area contributed by atoms with Crippen LogP contribution in [0.2, 0.25) is 0 Å². The number of H-pyrrole nitrogens is 1. The van der Waals surface area contributed by atoms with Gasteiger partial charge in [0.05, 0.1) is 0 Å². The third-order valence-electron chi connectivity index (χ3n) is 3.27. The number of rotatable bonds is 4. The summed E-state index contributed by atoms with van der Waals surface area (Å²) in [5.74, 6) is -3.53. The first-order chi connectivity index (χ1) is 10.3. The maximum Gasteiger partial charge on any atom is 0.352 e. The molecule has 0 atom stereocenters. The molecule has 0 saturated heterocycles. The van der Waals surface area contributed by atoms with Crippen LogP contribution in [0.1, 0.15) is 37.7 Å². The maximum absolute atomic E-state index is 13.1. The minimum Gasteiger partial charge on any atom is -0.477 e. The highest BCUT2D eigenvalue weighted by molar-refractivity contribution is 6.10. The number of hydrogen-bond donors (Lipinski definition) is 2. The Morgan fingerprint density at radius 1 is 1.18 bits per heavy atom. The van der Waals surface area contributed by atoms with Crippen molar-refractivity contribution in [1.29, 1.82) is 0 Å². The largest absolute Gasteiger partial charge is 0.477 e. The Bertz CT molecular complexity index is 791. The van der Waals surface area contributed by atoms with E-state index in [0.29, 0.717) is 16.8 Å². The Morgan fingerprint density at radius 3 is 2.41 bits per heavy atom.